The van der Waals surface area contributed by atoms with Gasteiger partial charge in [-0.1, -0.05) is 17.3 Å². The summed E-state index contributed by atoms with van der Waals surface area (Å²) >= 11 is 0. The highest BCUT2D eigenvalue weighted by atomic mass is 19.4. The molecule has 0 unspecified atom stereocenters. The summed E-state index contributed by atoms with van der Waals surface area (Å²) in [6.45, 7) is 4.80. The first-order valence-corrected chi connectivity index (χ1v) is 11.0. The lowest BCUT2D eigenvalue weighted by atomic mass is 10.1. The predicted octanol–water partition coefficient (Wildman–Crippen LogP) is 3.76. The van der Waals surface area contributed by atoms with E-state index in [0.717, 1.165) is 38.2 Å². The van der Waals surface area contributed by atoms with Gasteiger partial charge in [-0.2, -0.15) is 18.2 Å². The van der Waals surface area contributed by atoms with Gasteiger partial charge in [0.25, 0.3) is 5.91 Å². The minimum Gasteiger partial charge on any atom is -0.459 e. The molecule has 1 aromatic carbocycles. The minimum atomic E-state index is -4.46. The van der Waals surface area contributed by atoms with E-state index in [2.05, 4.69) is 15.0 Å². The van der Waals surface area contributed by atoms with Crippen molar-refractivity contribution in [2.45, 2.75) is 19.0 Å². The molecule has 3 heterocycles. The second-order valence-electron chi connectivity index (χ2n) is 7.92. The van der Waals surface area contributed by atoms with E-state index in [-0.39, 0.29) is 35.4 Å². The summed E-state index contributed by atoms with van der Waals surface area (Å²) < 4.78 is 54.8. The van der Waals surface area contributed by atoms with Crippen LogP contribution in [0.5, 0.6) is 0 Å². The van der Waals surface area contributed by atoms with E-state index in [9.17, 15) is 18.0 Å². The van der Waals surface area contributed by atoms with Gasteiger partial charge in [0.05, 0.1) is 25.0 Å². The third-order valence-corrected chi connectivity index (χ3v) is 5.54. The highest BCUT2D eigenvalue weighted by Gasteiger charge is 2.31. The maximum atomic E-state index is 13.0. The molecular formula is C23H25F3N4O4. The third kappa shape index (κ3) is 6.23. The van der Waals surface area contributed by atoms with E-state index >= 15 is 0 Å². The van der Waals surface area contributed by atoms with Crippen molar-refractivity contribution in [3.8, 4) is 11.4 Å². The molecule has 2 aromatic heterocycles. The van der Waals surface area contributed by atoms with Crippen molar-refractivity contribution in [3.05, 3.63) is 59.9 Å². The zero-order chi connectivity index (χ0) is 24.0. The second kappa shape index (κ2) is 10.8. The van der Waals surface area contributed by atoms with Crippen LogP contribution in [-0.2, 0) is 17.3 Å². The third-order valence-electron chi connectivity index (χ3n) is 5.54. The molecule has 3 aromatic rings. The summed E-state index contributed by atoms with van der Waals surface area (Å²) in [6, 6.07) is 8.01. The van der Waals surface area contributed by atoms with Crippen LogP contribution in [0, 0.1) is 0 Å². The Balaban J connectivity index is 1.39. The smallest absolute Gasteiger partial charge is 0.416 e. The Bertz CT molecular complexity index is 1060. The first-order chi connectivity index (χ1) is 16.4. The molecule has 1 saturated heterocycles. The summed E-state index contributed by atoms with van der Waals surface area (Å²) in [5, 5.41) is 3.81. The topological polar surface area (TPSA) is 84.8 Å². The number of hydrogen-bond donors (Lipinski definition) is 0. The molecule has 1 aliphatic rings. The highest BCUT2D eigenvalue weighted by Crippen LogP contribution is 2.31. The Labute approximate surface area is 194 Å². The normalized spacial score (nSPS) is 14.9. The fourth-order valence-electron chi connectivity index (χ4n) is 3.72. The Morgan fingerprint density at radius 3 is 2.68 bits per heavy atom. The molecule has 11 heteroatoms. The monoisotopic (exact) mass is 478 g/mol. The van der Waals surface area contributed by atoms with E-state index in [1.165, 1.54) is 18.4 Å². The van der Waals surface area contributed by atoms with E-state index in [4.69, 9.17) is 13.7 Å². The van der Waals surface area contributed by atoms with Crippen LogP contribution >= 0.6 is 0 Å². The Kier molecular flexibility index (Phi) is 7.63. The fourth-order valence-corrected chi connectivity index (χ4v) is 3.72. The van der Waals surface area contributed by atoms with Crippen molar-refractivity contribution in [1.82, 2.24) is 19.9 Å². The van der Waals surface area contributed by atoms with Crippen molar-refractivity contribution in [2.24, 2.45) is 0 Å². The SMILES string of the molecule is O=C(c1ccco1)N(CCCN1CCOCC1)CCc1nc(-c2cccc(C(F)(F)F)c2)no1. The number of rotatable bonds is 9. The summed E-state index contributed by atoms with van der Waals surface area (Å²) in [4.78, 5) is 21.1. The van der Waals surface area contributed by atoms with Gasteiger partial charge in [0.2, 0.25) is 11.7 Å². The maximum Gasteiger partial charge on any atom is 0.416 e. The number of furan rings is 1. The molecule has 0 aliphatic carbocycles. The molecule has 0 bridgehead atoms. The van der Waals surface area contributed by atoms with Crippen molar-refractivity contribution in [1.29, 1.82) is 0 Å². The van der Waals surface area contributed by atoms with Gasteiger partial charge in [0, 0.05) is 44.7 Å². The van der Waals surface area contributed by atoms with Crippen molar-refractivity contribution < 1.29 is 31.6 Å². The Morgan fingerprint density at radius 2 is 1.94 bits per heavy atom. The number of hydrogen-bond acceptors (Lipinski definition) is 7. The average molecular weight is 478 g/mol. The second-order valence-corrected chi connectivity index (χ2v) is 7.92. The van der Waals surface area contributed by atoms with Crippen molar-refractivity contribution in [3.63, 3.8) is 0 Å². The Hall–Kier alpha value is -3.18. The van der Waals surface area contributed by atoms with Gasteiger partial charge in [-0.15, -0.1) is 0 Å². The first kappa shape index (κ1) is 24.0. The van der Waals surface area contributed by atoms with Gasteiger partial charge in [-0.3, -0.25) is 9.69 Å². The van der Waals surface area contributed by atoms with Crippen LogP contribution < -0.4 is 0 Å². The molecule has 0 saturated carbocycles. The van der Waals surface area contributed by atoms with Gasteiger partial charge >= 0.3 is 6.18 Å². The van der Waals surface area contributed by atoms with Crippen LogP contribution in [0.15, 0.2) is 51.6 Å². The van der Waals surface area contributed by atoms with E-state index in [1.807, 2.05) is 0 Å². The average Bonchev–Trinajstić information content (AvgIpc) is 3.54. The fraction of sp³-hybridized carbons (Fsp3) is 0.435. The van der Waals surface area contributed by atoms with Gasteiger partial charge in [-0.25, -0.2) is 0 Å². The largest absolute Gasteiger partial charge is 0.459 e. The molecule has 0 radical (unpaired) electrons. The quantitative estimate of drug-likeness (QED) is 0.463. The summed E-state index contributed by atoms with van der Waals surface area (Å²) in [5.74, 6) is 0.293. The van der Waals surface area contributed by atoms with Crippen molar-refractivity contribution in [2.75, 3.05) is 45.9 Å². The van der Waals surface area contributed by atoms with Crippen LogP contribution in [0.25, 0.3) is 11.4 Å². The number of carbonyl (C=O) groups is 1. The first-order valence-electron chi connectivity index (χ1n) is 11.0. The summed E-state index contributed by atoms with van der Waals surface area (Å²) in [6.07, 6.45) is -1.99. The zero-order valence-corrected chi connectivity index (χ0v) is 18.5. The van der Waals surface area contributed by atoms with Gasteiger partial charge < -0.3 is 18.6 Å². The number of morpholine rings is 1. The molecule has 1 amide bonds. The number of halogens is 3. The molecule has 1 aliphatic heterocycles. The highest BCUT2D eigenvalue weighted by molar-refractivity contribution is 5.91. The molecule has 4 rings (SSSR count). The lowest BCUT2D eigenvalue weighted by molar-refractivity contribution is -0.137. The van der Waals surface area contributed by atoms with E-state index in [1.54, 1.807) is 17.0 Å². The van der Waals surface area contributed by atoms with Crippen LogP contribution in [0.2, 0.25) is 0 Å². The number of aromatic nitrogens is 2. The maximum absolute atomic E-state index is 13.0. The Morgan fingerprint density at radius 1 is 1.12 bits per heavy atom. The van der Waals surface area contributed by atoms with E-state index < -0.39 is 11.7 Å². The van der Waals surface area contributed by atoms with Crippen LogP contribution in [-0.4, -0.2) is 71.8 Å². The number of alkyl halides is 3. The van der Waals surface area contributed by atoms with Crippen molar-refractivity contribution >= 4 is 5.91 Å². The molecule has 1 fully saturated rings. The van der Waals surface area contributed by atoms with Crippen LogP contribution in [0.4, 0.5) is 13.2 Å². The van der Waals surface area contributed by atoms with E-state index in [0.29, 0.717) is 26.3 Å². The number of carbonyl (C=O) groups excluding carboxylic acids is 1. The molecule has 0 N–H and O–H groups in total. The molecular weight excluding hydrogens is 453 g/mol. The molecule has 34 heavy (non-hydrogen) atoms. The number of benzene rings is 1. The minimum absolute atomic E-state index is 0.0670. The van der Waals surface area contributed by atoms with Crippen LogP contribution in [0.1, 0.15) is 28.4 Å². The molecule has 8 nitrogen and oxygen atoms in total. The lowest BCUT2D eigenvalue weighted by Crippen LogP contribution is -2.39. The van der Waals surface area contributed by atoms with Gasteiger partial charge in [0.1, 0.15) is 0 Å². The van der Waals surface area contributed by atoms with Gasteiger partial charge in [0.15, 0.2) is 5.76 Å². The number of nitrogens with zero attached hydrogens (tertiary/aromatic N) is 4. The lowest BCUT2D eigenvalue weighted by Gasteiger charge is -2.28. The van der Waals surface area contributed by atoms with Crippen LogP contribution in [0.3, 0.4) is 0 Å². The predicted molar refractivity (Wildman–Crippen MR) is 115 cm³/mol. The molecule has 0 spiro atoms. The van der Waals surface area contributed by atoms with Gasteiger partial charge in [-0.05, 0) is 30.7 Å². The molecule has 182 valence electrons. The molecule has 0 atom stereocenters. The summed E-state index contributed by atoms with van der Waals surface area (Å²) in [5.41, 5.74) is -0.578. The number of ether oxygens (including phenoxy) is 1. The summed E-state index contributed by atoms with van der Waals surface area (Å²) in [7, 11) is 0. The zero-order valence-electron chi connectivity index (χ0n) is 18.5. The number of amides is 1. The standard InChI is InChI=1S/C23H25F3N4O4/c24-23(25,26)18-5-1-4-17(16-18)21-27-20(34-28-21)7-10-30(22(31)19-6-2-13-33-19)9-3-8-29-11-14-32-15-12-29/h1-2,4-6,13,16H,3,7-12,14-15H2.